The van der Waals surface area contributed by atoms with Crippen molar-refractivity contribution in [1.29, 1.82) is 0 Å². The van der Waals surface area contributed by atoms with Crippen molar-refractivity contribution in [3.8, 4) is 11.3 Å². The number of rotatable bonds is 2. The predicted octanol–water partition coefficient (Wildman–Crippen LogP) is 8.28. The lowest BCUT2D eigenvalue weighted by Gasteiger charge is -2.28. The van der Waals surface area contributed by atoms with Gasteiger partial charge in [0.15, 0.2) is 6.17 Å². The average Bonchev–Trinajstić information content (AvgIpc) is 2.74. The van der Waals surface area contributed by atoms with Crippen LogP contribution in [0.2, 0.25) is 0 Å². The maximum absolute atomic E-state index is 8.79. The van der Waals surface area contributed by atoms with Gasteiger partial charge in [0, 0.05) is 6.07 Å². The van der Waals surface area contributed by atoms with E-state index in [9.17, 15) is 0 Å². The first kappa shape index (κ1) is 21.7. The highest BCUT2D eigenvalue weighted by Crippen LogP contribution is 2.39. The van der Waals surface area contributed by atoms with E-state index in [1.807, 2.05) is 7.05 Å². The van der Waals surface area contributed by atoms with E-state index < -0.39 is 0 Å². The third-order valence-corrected chi connectivity index (χ3v) is 7.49. The molecule has 1 saturated carbocycles. The Bertz CT molecular complexity index is 1180. The number of fused-ring (bicyclic) bond motifs is 1. The third-order valence-electron chi connectivity index (χ3n) is 7.49. The van der Waals surface area contributed by atoms with Crippen molar-refractivity contribution in [1.82, 2.24) is 0 Å². The first-order valence-corrected chi connectivity index (χ1v) is 12.5. The molecule has 1 aliphatic carbocycles. The molecule has 32 heavy (non-hydrogen) atoms. The summed E-state index contributed by atoms with van der Waals surface area (Å²) in [4.78, 5) is 0. The molecule has 0 radical (unpaired) electrons. The van der Waals surface area contributed by atoms with Gasteiger partial charge in [-0.15, -0.1) is 0 Å². The molecule has 0 bridgehead atoms. The molecule has 170 valence electrons. The molecule has 0 N–H and O–H groups in total. The van der Waals surface area contributed by atoms with E-state index in [2.05, 4.69) is 89.4 Å². The summed E-state index contributed by atoms with van der Waals surface area (Å²) in [6, 6.07) is 13.9. The standard InChI is InChI=1S/C31H42N/c1-21-27(19-25(30(2,3)4)20-28(21)31(5,6)7)29-26-15-14-23(22-12-10-9-11-13-22)18-24(26)16-17-32(29)8/h14-20,22H,9-13H2,1-8H3/q+1/i17D. The fourth-order valence-electron chi connectivity index (χ4n) is 5.52. The largest absolute Gasteiger partial charge is 0.220 e. The lowest BCUT2D eigenvalue weighted by atomic mass is 9.76. The van der Waals surface area contributed by atoms with Crippen molar-refractivity contribution in [3.05, 3.63) is 64.8 Å². The van der Waals surface area contributed by atoms with Crippen molar-refractivity contribution in [3.63, 3.8) is 0 Å². The highest BCUT2D eigenvalue weighted by atomic mass is 14.9. The Morgan fingerprint density at radius 2 is 1.56 bits per heavy atom. The van der Waals surface area contributed by atoms with Crippen LogP contribution in [0.15, 0.2) is 42.6 Å². The number of benzene rings is 2. The van der Waals surface area contributed by atoms with Gasteiger partial charge in [0.25, 0.3) is 0 Å². The van der Waals surface area contributed by atoms with Crippen LogP contribution in [0.3, 0.4) is 0 Å². The second-order valence-electron chi connectivity index (χ2n) is 12.1. The van der Waals surface area contributed by atoms with Crippen LogP contribution in [0, 0.1) is 6.92 Å². The van der Waals surface area contributed by atoms with Crippen molar-refractivity contribution < 1.29 is 5.94 Å². The SMILES string of the molecule is [2H]c1cc2cc(C3CCCCC3)ccc2c(-c2cc(C(C)(C)C)cc(C(C)(C)C)c2C)[n+]1C. The smallest absolute Gasteiger partial charge is 0.200 e. The topological polar surface area (TPSA) is 3.88 Å². The summed E-state index contributed by atoms with van der Waals surface area (Å²) in [5.41, 5.74) is 8.08. The summed E-state index contributed by atoms with van der Waals surface area (Å²) < 4.78 is 10.9. The van der Waals surface area contributed by atoms with Gasteiger partial charge in [-0.25, -0.2) is 4.57 Å². The van der Waals surface area contributed by atoms with Gasteiger partial charge in [-0.1, -0.05) is 79.0 Å². The fourth-order valence-corrected chi connectivity index (χ4v) is 5.52. The summed E-state index contributed by atoms with van der Waals surface area (Å²) in [6.45, 7) is 16.1. The Hall–Kier alpha value is -2.15. The monoisotopic (exact) mass is 429 g/mol. The molecular weight excluding hydrogens is 386 g/mol. The summed E-state index contributed by atoms with van der Waals surface area (Å²) in [7, 11) is 2.05. The molecule has 1 heteroatoms. The van der Waals surface area contributed by atoms with Crippen LogP contribution in [0.5, 0.6) is 0 Å². The molecule has 2 aromatic carbocycles. The zero-order valence-corrected chi connectivity index (χ0v) is 21.5. The van der Waals surface area contributed by atoms with E-state index in [1.54, 1.807) is 0 Å². The predicted molar refractivity (Wildman–Crippen MR) is 139 cm³/mol. The van der Waals surface area contributed by atoms with Crippen LogP contribution in [0.4, 0.5) is 0 Å². The molecule has 1 heterocycles. The Labute approximate surface area is 197 Å². The minimum Gasteiger partial charge on any atom is -0.200 e. The molecule has 1 aliphatic rings. The maximum Gasteiger partial charge on any atom is 0.220 e. The van der Waals surface area contributed by atoms with Crippen molar-refractivity contribution in [2.24, 2.45) is 7.05 Å². The van der Waals surface area contributed by atoms with E-state index in [-0.39, 0.29) is 10.8 Å². The molecule has 4 rings (SSSR count). The lowest BCUT2D eigenvalue weighted by Crippen LogP contribution is -2.31. The van der Waals surface area contributed by atoms with Gasteiger partial charge >= 0.3 is 0 Å². The number of hydrogen-bond acceptors (Lipinski definition) is 0. The Kier molecular flexibility index (Phi) is 5.64. The lowest BCUT2D eigenvalue weighted by molar-refractivity contribution is -0.659. The van der Waals surface area contributed by atoms with Gasteiger partial charge in [0.1, 0.15) is 8.42 Å². The molecule has 0 saturated heterocycles. The Morgan fingerprint density at radius 1 is 0.875 bits per heavy atom. The van der Waals surface area contributed by atoms with Crippen molar-refractivity contribution >= 4 is 10.8 Å². The van der Waals surface area contributed by atoms with Crippen LogP contribution >= 0.6 is 0 Å². The molecule has 0 spiro atoms. The van der Waals surface area contributed by atoms with Crippen LogP contribution in [-0.4, -0.2) is 0 Å². The van der Waals surface area contributed by atoms with Crippen LogP contribution in [0.25, 0.3) is 22.0 Å². The Balaban J connectivity index is 2.00. The van der Waals surface area contributed by atoms with Gasteiger partial charge in [0.05, 0.1) is 10.9 Å². The minimum absolute atomic E-state index is 0.0567. The van der Waals surface area contributed by atoms with E-state index in [0.29, 0.717) is 12.1 Å². The van der Waals surface area contributed by atoms with Gasteiger partial charge in [-0.2, -0.15) is 0 Å². The first-order chi connectivity index (χ1) is 15.4. The van der Waals surface area contributed by atoms with Gasteiger partial charge < -0.3 is 0 Å². The molecule has 0 amide bonds. The van der Waals surface area contributed by atoms with Crippen LogP contribution < -0.4 is 4.57 Å². The molecule has 0 atom stereocenters. The molecule has 1 aromatic heterocycles. The van der Waals surface area contributed by atoms with Crippen molar-refractivity contribution in [2.45, 2.75) is 97.3 Å². The minimum atomic E-state index is 0.0567. The summed E-state index contributed by atoms with van der Waals surface area (Å²) in [5.74, 6) is 0.674. The molecular formula is C31H42N+. The summed E-state index contributed by atoms with van der Waals surface area (Å²) in [6.07, 6.45) is 7.23. The molecule has 3 aromatic rings. The molecule has 0 unspecified atom stereocenters. The number of pyridine rings is 1. The van der Waals surface area contributed by atoms with Crippen molar-refractivity contribution in [2.75, 3.05) is 0 Å². The zero-order valence-electron chi connectivity index (χ0n) is 22.5. The van der Waals surface area contributed by atoms with Gasteiger partial charge in [-0.05, 0) is 76.3 Å². The number of aromatic nitrogens is 1. The molecule has 0 aliphatic heterocycles. The van der Waals surface area contributed by atoms with Gasteiger partial charge in [0.2, 0.25) is 5.69 Å². The molecule has 1 fully saturated rings. The summed E-state index contributed by atoms with van der Waals surface area (Å²) >= 11 is 0. The second-order valence-corrected chi connectivity index (χ2v) is 12.1. The highest BCUT2D eigenvalue weighted by molar-refractivity contribution is 5.94. The maximum atomic E-state index is 8.79. The fraction of sp³-hybridized carbons (Fsp3) is 0.516. The van der Waals surface area contributed by atoms with E-state index in [0.717, 1.165) is 0 Å². The van der Waals surface area contributed by atoms with Crippen LogP contribution in [0.1, 0.15) is 103 Å². The van der Waals surface area contributed by atoms with Gasteiger partial charge in [-0.3, -0.25) is 0 Å². The first-order valence-electron chi connectivity index (χ1n) is 13.0. The zero-order chi connectivity index (χ0) is 24.1. The van der Waals surface area contributed by atoms with E-state index in [1.165, 1.54) is 76.4 Å². The number of nitrogens with zero attached hydrogens (tertiary/aromatic N) is 1. The second kappa shape index (κ2) is 8.32. The van der Waals surface area contributed by atoms with E-state index in [4.69, 9.17) is 1.37 Å². The molecule has 1 nitrogen and oxygen atoms in total. The summed E-state index contributed by atoms with van der Waals surface area (Å²) in [5, 5.41) is 2.45. The quantitative estimate of drug-likeness (QED) is 0.361. The normalized spacial score (nSPS) is 16.4. The average molecular weight is 430 g/mol. The Morgan fingerprint density at radius 3 is 2.19 bits per heavy atom. The van der Waals surface area contributed by atoms with Crippen LogP contribution in [-0.2, 0) is 17.9 Å². The highest BCUT2D eigenvalue weighted by Gasteiger charge is 2.27. The number of hydrogen-bond donors (Lipinski definition) is 0. The third kappa shape index (κ3) is 4.36. The van der Waals surface area contributed by atoms with E-state index >= 15 is 0 Å².